The zero-order chi connectivity index (χ0) is 24.4. The average molecular weight is 472 g/mol. The van der Waals surface area contributed by atoms with E-state index in [9.17, 15) is 4.79 Å². The van der Waals surface area contributed by atoms with Crippen LogP contribution in [-0.2, 0) is 13.0 Å². The molecule has 8 nitrogen and oxygen atoms in total. The smallest absolute Gasteiger partial charge is 0.252 e. The van der Waals surface area contributed by atoms with Crippen molar-refractivity contribution in [3.8, 4) is 11.5 Å². The molecule has 1 aliphatic heterocycles. The van der Waals surface area contributed by atoms with E-state index in [0.717, 1.165) is 35.4 Å². The van der Waals surface area contributed by atoms with Crippen LogP contribution in [0.3, 0.4) is 0 Å². The van der Waals surface area contributed by atoms with E-state index < -0.39 is 0 Å². The van der Waals surface area contributed by atoms with Gasteiger partial charge in [-0.1, -0.05) is 18.2 Å². The first-order valence-corrected chi connectivity index (χ1v) is 11.7. The molecule has 0 radical (unpaired) electrons. The number of hydrogen-bond acceptors (Lipinski definition) is 6. The summed E-state index contributed by atoms with van der Waals surface area (Å²) in [5, 5.41) is 8.33. The van der Waals surface area contributed by atoms with Crippen LogP contribution in [-0.4, -0.2) is 54.0 Å². The third kappa shape index (κ3) is 4.51. The van der Waals surface area contributed by atoms with Gasteiger partial charge >= 0.3 is 0 Å². The largest absolute Gasteiger partial charge is 0.497 e. The van der Waals surface area contributed by atoms with Crippen molar-refractivity contribution in [2.75, 3.05) is 32.2 Å². The first-order valence-electron chi connectivity index (χ1n) is 11.7. The molecule has 1 atom stereocenters. The SMILES string of the molecule is COc1ccc(Cn2ncc3cc(C(=O)NCCN4c5ccccc5CC4C)cnc32)c(OC)c1. The van der Waals surface area contributed by atoms with Crippen LogP contribution < -0.4 is 19.7 Å². The van der Waals surface area contributed by atoms with E-state index in [-0.39, 0.29) is 5.91 Å². The van der Waals surface area contributed by atoms with Gasteiger partial charge in [0.15, 0.2) is 5.65 Å². The lowest BCUT2D eigenvalue weighted by Gasteiger charge is -2.25. The van der Waals surface area contributed by atoms with Crippen LogP contribution in [0.2, 0.25) is 0 Å². The van der Waals surface area contributed by atoms with Crippen LogP contribution >= 0.6 is 0 Å². The number of rotatable bonds is 8. The molecule has 2 aromatic carbocycles. The predicted molar refractivity (Wildman–Crippen MR) is 135 cm³/mol. The number of methoxy groups -OCH3 is 2. The van der Waals surface area contributed by atoms with Crippen molar-refractivity contribution in [3.05, 3.63) is 77.6 Å². The molecule has 0 saturated carbocycles. The lowest BCUT2D eigenvalue weighted by Crippen LogP contribution is -2.37. The maximum atomic E-state index is 12.8. The van der Waals surface area contributed by atoms with Crippen molar-refractivity contribution in [1.29, 1.82) is 0 Å². The van der Waals surface area contributed by atoms with Crippen LogP contribution in [0.5, 0.6) is 11.5 Å². The maximum absolute atomic E-state index is 12.8. The zero-order valence-corrected chi connectivity index (χ0v) is 20.2. The first-order chi connectivity index (χ1) is 17.1. The second-order valence-corrected chi connectivity index (χ2v) is 8.75. The highest BCUT2D eigenvalue weighted by Gasteiger charge is 2.25. The molecule has 35 heavy (non-hydrogen) atoms. The van der Waals surface area contributed by atoms with Crippen molar-refractivity contribution in [2.24, 2.45) is 0 Å². The number of carbonyl (C=O) groups is 1. The molecular formula is C27H29N5O3. The Morgan fingerprint density at radius 2 is 1.97 bits per heavy atom. The fourth-order valence-corrected chi connectivity index (χ4v) is 4.72. The highest BCUT2D eigenvalue weighted by molar-refractivity contribution is 5.96. The lowest BCUT2D eigenvalue weighted by molar-refractivity contribution is 0.0954. The number of pyridine rings is 1. The standard InChI is InChI=1S/C27H29N5O3/c1-18-12-19-6-4-5-7-24(19)31(18)11-10-28-27(33)22-13-21-16-30-32(26(21)29-15-22)17-20-8-9-23(34-2)14-25(20)35-3/h4-9,13-16,18H,10-12,17H2,1-3H3,(H,28,33). The average Bonchev–Trinajstić information content (AvgIpc) is 3.43. The molecule has 1 aliphatic rings. The summed E-state index contributed by atoms with van der Waals surface area (Å²) >= 11 is 0. The quantitative estimate of drug-likeness (QED) is 0.422. The Balaban J connectivity index is 1.25. The van der Waals surface area contributed by atoms with Crippen LogP contribution in [0.25, 0.3) is 11.0 Å². The monoisotopic (exact) mass is 471 g/mol. The zero-order valence-electron chi connectivity index (χ0n) is 20.2. The molecule has 180 valence electrons. The Hall–Kier alpha value is -4.07. The Labute approximate surface area is 204 Å². The summed E-state index contributed by atoms with van der Waals surface area (Å²) in [5.74, 6) is 1.32. The minimum atomic E-state index is -0.135. The number of nitrogens with one attached hydrogen (secondary N) is 1. The van der Waals surface area contributed by atoms with Crippen LogP contribution in [0.1, 0.15) is 28.4 Å². The summed E-state index contributed by atoms with van der Waals surface area (Å²) in [5.41, 5.74) is 4.82. The summed E-state index contributed by atoms with van der Waals surface area (Å²) in [4.78, 5) is 19.7. The Morgan fingerprint density at radius 1 is 1.11 bits per heavy atom. The van der Waals surface area contributed by atoms with E-state index >= 15 is 0 Å². The summed E-state index contributed by atoms with van der Waals surface area (Å²) in [6.45, 7) is 4.04. The van der Waals surface area contributed by atoms with Gasteiger partial charge in [-0.05, 0) is 43.2 Å². The number of anilines is 1. The Kier molecular flexibility index (Phi) is 6.27. The van der Waals surface area contributed by atoms with Crippen molar-refractivity contribution < 1.29 is 14.3 Å². The van der Waals surface area contributed by atoms with Gasteiger partial charge in [0.1, 0.15) is 11.5 Å². The molecule has 0 saturated heterocycles. The highest BCUT2D eigenvalue weighted by Crippen LogP contribution is 2.31. The van der Waals surface area contributed by atoms with Crippen molar-refractivity contribution >= 4 is 22.6 Å². The van der Waals surface area contributed by atoms with Gasteiger partial charge in [-0.2, -0.15) is 5.10 Å². The number of carbonyl (C=O) groups excluding carboxylic acids is 1. The lowest BCUT2D eigenvalue weighted by atomic mass is 10.1. The summed E-state index contributed by atoms with van der Waals surface area (Å²) in [7, 11) is 3.25. The normalized spacial score (nSPS) is 14.7. The van der Waals surface area contributed by atoms with E-state index in [1.54, 1.807) is 31.3 Å². The van der Waals surface area contributed by atoms with Crippen molar-refractivity contribution in [3.63, 3.8) is 0 Å². The number of nitrogens with zero attached hydrogens (tertiary/aromatic N) is 4. The van der Waals surface area contributed by atoms with Crippen LogP contribution in [0.4, 0.5) is 5.69 Å². The molecular weight excluding hydrogens is 442 g/mol. The van der Waals surface area contributed by atoms with Gasteiger partial charge in [0, 0.05) is 48.0 Å². The molecule has 0 bridgehead atoms. The number of benzene rings is 2. The van der Waals surface area contributed by atoms with Gasteiger partial charge in [0.25, 0.3) is 5.91 Å². The van der Waals surface area contributed by atoms with Gasteiger partial charge < -0.3 is 19.7 Å². The van der Waals surface area contributed by atoms with E-state index in [0.29, 0.717) is 30.3 Å². The molecule has 1 unspecified atom stereocenters. The Bertz CT molecular complexity index is 1370. The number of para-hydroxylation sites is 1. The van der Waals surface area contributed by atoms with Gasteiger partial charge in [0.05, 0.1) is 32.5 Å². The Morgan fingerprint density at radius 3 is 2.80 bits per heavy atom. The number of fused-ring (bicyclic) bond motifs is 2. The minimum absolute atomic E-state index is 0.135. The molecule has 3 heterocycles. The minimum Gasteiger partial charge on any atom is -0.497 e. The molecule has 0 aliphatic carbocycles. The first kappa shape index (κ1) is 22.7. The van der Waals surface area contributed by atoms with Gasteiger partial charge in [-0.15, -0.1) is 0 Å². The second-order valence-electron chi connectivity index (χ2n) is 8.75. The molecule has 4 aromatic rings. The molecule has 1 amide bonds. The second kappa shape index (κ2) is 9.66. The van der Waals surface area contributed by atoms with Crippen molar-refractivity contribution in [2.45, 2.75) is 25.9 Å². The van der Waals surface area contributed by atoms with Crippen molar-refractivity contribution in [1.82, 2.24) is 20.1 Å². The molecule has 0 fully saturated rings. The maximum Gasteiger partial charge on any atom is 0.252 e. The molecule has 2 aromatic heterocycles. The number of aromatic nitrogens is 3. The molecule has 5 rings (SSSR count). The number of ether oxygens (including phenoxy) is 2. The van der Waals surface area contributed by atoms with E-state index in [2.05, 4.69) is 51.5 Å². The fraction of sp³-hybridized carbons (Fsp3) is 0.296. The third-order valence-electron chi connectivity index (χ3n) is 6.54. The van der Waals surface area contributed by atoms with Gasteiger partial charge in [-0.3, -0.25) is 4.79 Å². The van der Waals surface area contributed by atoms with E-state index in [4.69, 9.17) is 9.47 Å². The van der Waals surface area contributed by atoms with E-state index in [1.165, 1.54) is 11.3 Å². The van der Waals surface area contributed by atoms with Crippen LogP contribution in [0.15, 0.2) is 60.9 Å². The number of amides is 1. The summed E-state index contributed by atoms with van der Waals surface area (Å²) in [6, 6.07) is 16.4. The van der Waals surface area contributed by atoms with Crippen LogP contribution in [0, 0.1) is 0 Å². The highest BCUT2D eigenvalue weighted by atomic mass is 16.5. The number of hydrogen-bond donors (Lipinski definition) is 1. The fourth-order valence-electron chi connectivity index (χ4n) is 4.72. The molecule has 0 spiro atoms. The predicted octanol–water partition coefficient (Wildman–Crippen LogP) is 3.68. The third-order valence-corrected chi connectivity index (χ3v) is 6.54. The summed E-state index contributed by atoms with van der Waals surface area (Å²) < 4.78 is 12.6. The topological polar surface area (TPSA) is 81.5 Å². The van der Waals surface area contributed by atoms with Gasteiger partial charge in [0.2, 0.25) is 0 Å². The molecule has 8 heteroatoms. The van der Waals surface area contributed by atoms with Gasteiger partial charge in [-0.25, -0.2) is 9.67 Å². The van der Waals surface area contributed by atoms with E-state index in [1.807, 2.05) is 24.3 Å². The summed E-state index contributed by atoms with van der Waals surface area (Å²) in [6.07, 6.45) is 4.38. The molecule has 1 N–H and O–H groups in total.